The van der Waals surface area contributed by atoms with Gasteiger partial charge in [0.15, 0.2) is 0 Å². The first-order valence-corrected chi connectivity index (χ1v) is 7.60. The summed E-state index contributed by atoms with van der Waals surface area (Å²) < 4.78 is 0. The molecule has 1 nitrogen and oxygen atoms in total. The highest BCUT2D eigenvalue weighted by Crippen LogP contribution is 2.27. The van der Waals surface area contributed by atoms with Gasteiger partial charge in [-0.3, -0.25) is 0 Å². The molecule has 1 aromatic rings. The first-order chi connectivity index (χ1) is 8.66. The molecule has 0 saturated heterocycles. The molecule has 1 aromatic carbocycles. The predicted octanol–water partition coefficient (Wildman–Crippen LogP) is 5.22. The minimum atomic E-state index is 0.262. The molecule has 2 rings (SSSR count). The SMILES string of the molecule is CC(NCC1CCCCC1)c1cc(Cl)ccc1Cl. The Morgan fingerprint density at radius 1 is 1.22 bits per heavy atom. The second-order valence-corrected chi connectivity index (χ2v) is 6.14. The lowest BCUT2D eigenvalue weighted by Gasteiger charge is -2.24. The van der Waals surface area contributed by atoms with Gasteiger partial charge in [0.1, 0.15) is 0 Å². The summed E-state index contributed by atoms with van der Waals surface area (Å²) in [5, 5.41) is 5.14. The van der Waals surface area contributed by atoms with Crippen molar-refractivity contribution in [1.82, 2.24) is 5.32 Å². The van der Waals surface area contributed by atoms with Crippen LogP contribution in [0.4, 0.5) is 0 Å². The van der Waals surface area contributed by atoms with E-state index in [0.29, 0.717) is 0 Å². The van der Waals surface area contributed by atoms with Crippen molar-refractivity contribution in [2.75, 3.05) is 6.54 Å². The number of hydrogen-bond acceptors (Lipinski definition) is 1. The van der Waals surface area contributed by atoms with Gasteiger partial charge in [-0.1, -0.05) is 42.5 Å². The van der Waals surface area contributed by atoms with E-state index < -0.39 is 0 Å². The monoisotopic (exact) mass is 285 g/mol. The van der Waals surface area contributed by atoms with Gasteiger partial charge in [-0.05, 0) is 56.0 Å². The van der Waals surface area contributed by atoms with Crippen LogP contribution in [0.25, 0.3) is 0 Å². The van der Waals surface area contributed by atoms with Crippen LogP contribution in [-0.2, 0) is 0 Å². The maximum atomic E-state index is 6.21. The predicted molar refractivity (Wildman–Crippen MR) is 79.5 cm³/mol. The van der Waals surface area contributed by atoms with Gasteiger partial charge in [-0.2, -0.15) is 0 Å². The number of rotatable bonds is 4. The van der Waals surface area contributed by atoms with Crippen molar-refractivity contribution in [2.24, 2.45) is 5.92 Å². The lowest BCUT2D eigenvalue weighted by molar-refractivity contribution is 0.331. The van der Waals surface area contributed by atoms with Crippen molar-refractivity contribution >= 4 is 23.2 Å². The van der Waals surface area contributed by atoms with Crippen LogP contribution in [-0.4, -0.2) is 6.54 Å². The smallest absolute Gasteiger partial charge is 0.0454 e. The minimum absolute atomic E-state index is 0.262. The summed E-state index contributed by atoms with van der Waals surface area (Å²) >= 11 is 12.2. The second kappa shape index (κ2) is 6.79. The van der Waals surface area contributed by atoms with Crippen LogP contribution in [0.3, 0.4) is 0 Å². The van der Waals surface area contributed by atoms with Gasteiger partial charge in [0.05, 0.1) is 0 Å². The first-order valence-electron chi connectivity index (χ1n) is 6.85. The molecule has 1 aliphatic carbocycles. The van der Waals surface area contributed by atoms with E-state index in [1.54, 1.807) is 0 Å². The molecule has 0 bridgehead atoms. The maximum absolute atomic E-state index is 6.21. The third-order valence-electron chi connectivity index (χ3n) is 3.86. The largest absolute Gasteiger partial charge is 0.310 e. The van der Waals surface area contributed by atoms with Crippen molar-refractivity contribution in [3.63, 3.8) is 0 Å². The van der Waals surface area contributed by atoms with Crippen LogP contribution in [0.5, 0.6) is 0 Å². The Kier molecular flexibility index (Phi) is 5.35. The fourth-order valence-electron chi connectivity index (χ4n) is 2.69. The molecule has 1 aliphatic rings. The third-order valence-corrected chi connectivity index (χ3v) is 4.44. The molecule has 0 heterocycles. The van der Waals surface area contributed by atoms with E-state index >= 15 is 0 Å². The molecule has 1 fully saturated rings. The van der Waals surface area contributed by atoms with Crippen molar-refractivity contribution in [3.05, 3.63) is 33.8 Å². The Labute approximate surface area is 120 Å². The number of halogens is 2. The quantitative estimate of drug-likeness (QED) is 0.799. The molecule has 18 heavy (non-hydrogen) atoms. The van der Waals surface area contributed by atoms with Gasteiger partial charge in [-0.15, -0.1) is 0 Å². The zero-order valence-corrected chi connectivity index (χ0v) is 12.4. The normalized spacial score (nSPS) is 18.8. The summed E-state index contributed by atoms with van der Waals surface area (Å²) in [6.07, 6.45) is 6.91. The van der Waals surface area contributed by atoms with Crippen LogP contribution < -0.4 is 5.32 Å². The standard InChI is InChI=1S/C15H21Cl2N/c1-11(14-9-13(16)7-8-15(14)17)18-10-12-5-3-2-4-6-12/h7-9,11-12,18H,2-6,10H2,1H3. The molecule has 0 radical (unpaired) electrons. The summed E-state index contributed by atoms with van der Waals surface area (Å²) in [4.78, 5) is 0. The lowest BCUT2D eigenvalue weighted by Crippen LogP contribution is -2.27. The average molecular weight is 286 g/mol. The number of benzene rings is 1. The Hall–Kier alpha value is -0.240. The highest BCUT2D eigenvalue weighted by atomic mass is 35.5. The minimum Gasteiger partial charge on any atom is -0.310 e. The van der Waals surface area contributed by atoms with E-state index in [0.717, 1.165) is 28.1 Å². The lowest BCUT2D eigenvalue weighted by atomic mass is 9.89. The molecule has 3 heteroatoms. The molecule has 100 valence electrons. The third kappa shape index (κ3) is 3.88. The highest BCUT2D eigenvalue weighted by Gasteiger charge is 2.15. The van der Waals surface area contributed by atoms with Gasteiger partial charge < -0.3 is 5.32 Å². The molecule has 0 aromatic heterocycles. The number of nitrogens with one attached hydrogen (secondary N) is 1. The molecule has 1 N–H and O–H groups in total. The summed E-state index contributed by atoms with van der Waals surface area (Å²) in [5.41, 5.74) is 1.10. The van der Waals surface area contributed by atoms with Gasteiger partial charge in [0, 0.05) is 16.1 Å². The fraction of sp³-hybridized carbons (Fsp3) is 0.600. The Morgan fingerprint density at radius 3 is 2.67 bits per heavy atom. The zero-order valence-electron chi connectivity index (χ0n) is 10.9. The van der Waals surface area contributed by atoms with Crippen molar-refractivity contribution in [3.8, 4) is 0 Å². The summed E-state index contributed by atoms with van der Waals surface area (Å²) in [6, 6.07) is 5.93. The molecule has 1 saturated carbocycles. The first kappa shape index (κ1) is 14.2. The van der Waals surface area contributed by atoms with E-state index in [1.165, 1.54) is 32.1 Å². The van der Waals surface area contributed by atoms with E-state index in [4.69, 9.17) is 23.2 Å². The molecule has 0 spiro atoms. The van der Waals surface area contributed by atoms with Gasteiger partial charge in [0.25, 0.3) is 0 Å². The van der Waals surface area contributed by atoms with Gasteiger partial charge in [0.2, 0.25) is 0 Å². The van der Waals surface area contributed by atoms with E-state index in [2.05, 4.69) is 12.2 Å². The highest BCUT2D eigenvalue weighted by molar-refractivity contribution is 6.33. The average Bonchev–Trinajstić information content (AvgIpc) is 2.40. The molecular weight excluding hydrogens is 265 g/mol. The molecule has 0 amide bonds. The number of hydrogen-bond donors (Lipinski definition) is 1. The second-order valence-electron chi connectivity index (χ2n) is 5.30. The van der Waals surface area contributed by atoms with Crippen molar-refractivity contribution < 1.29 is 0 Å². The van der Waals surface area contributed by atoms with Crippen molar-refractivity contribution in [2.45, 2.75) is 45.1 Å². The molecule has 1 atom stereocenters. The van der Waals surface area contributed by atoms with E-state index in [1.807, 2.05) is 18.2 Å². The Balaban J connectivity index is 1.90. The Bertz CT molecular complexity index is 386. The van der Waals surface area contributed by atoms with E-state index in [9.17, 15) is 0 Å². The summed E-state index contributed by atoms with van der Waals surface area (Å²) in [6.45, 7) is 3.24. The van der Waals surface area contributed by atoms with Crippen LogP contribution in [0.2, 0.25) is 10.0 Å². The topological polar surface area (TPSA) is 12.0 Å². The Morgan fingerprint density at radius 2 is 1.94 bits per heavy atom. The van der Waals surface area contributed by atoms with Crippen LogP contribution >= 0.6 is 23.2 Å². The molecular formula is C15H21Cl2N. The summed E-state index contributed by atoms with van der Waals surface area (Å²) in [5.74, 6) is 0.833. The van der Waals surface area contributed by atoms with Crippen LogP contribution in [0.1, 0.15) is 50.6 Å². The fourth-order valence-corrected chi connectivity index (χ4v) is 3.15. The van der Waals surface area contributed by atoms with Crippen LogP contribution in [0, 0.1) is 5.92 Å². The van der Waals surface area contributed by atoms with E-state index in [-0.39, 0.29) is 6.04 Å². The van der Waals surface area contributed by atoms with Gasteiger partial charge >= 0.3 is 0 Å². The van der Waals surface area contributed by atoms with Gasteiger partial charge in [-0.25, -0.2) is 0 Å². The maximum Gasteiger partial charge on any atom is 0.0454 e. The molecule has 1 unspecified atom stereocenters. The molecule has 0 aliphatic heterocycles. The summed E-state index contributed by atoms with van der Waals surface area (Å²) in [7, 11) is 0. The van der Waals surface area contributed by atoms with Crippen molar-refractivity contribution in [1.29, 1.82) is 0 Å². The van der Waals surface area contributed by atoms with Crippen LogP contribution in [0.15, 0.2) is 18.2 Å². The zero-order chi connectivity index (χ0) is 13.0.